The predicted molar refractivity (Wildman–Crippen MR) is 79.8 cm³/mol. The Morgan fingerprint density at radius 3 is 1.56 bits per heavy atom. The molecular formula is C13H22O3Si2. The van der Waals surface area contributed by atoms with E-state index < -0.39 is 16.6 Å². The molecule has 0 saturated heterocycles. The summed E-state index contributed by atoms with van der Waals surface area (Å²) in [5, 5.41) is 0. The van der Waals surface area contributed by atoms with Crippen LogP contribution in [0.15, 0.2) is 18.2 Å². The molecule has 0 amide bonds. The minimum absolute atomic E-state index is 0.530. The molecule has 0 heterocycles. The smallest absolute Gasteiger partial charge is 0.242 e. The maximum absolute atomic E-state index is 11.3. The van der Waals surface area contributed by atoms with Gasteiger partial charge in [0.1, 0.15) is 11.5 Å². The maximum Gasteiger partial charge on any atom is 0.242 e. The molecule has 1 aromatic carbocycles. The summed E-state index contributed by atoms with van der Waals surface area (Å²) in [5.41, 5.74) is 0.530. The van der Waals surface area contributed by atoms with Gasteiger partial charge in [-0.05, 0) is 51.4 Å². The lowest BCUT2D eigenvalue weighted by Gasteiger charge is -2.24. The third-order valence-electron chi connectivity index (χ3n) is 1.98. The van der Waals surface area contributed by atoms with Crippen molar-refractivity contribution in [2.24, 2.45) is 0 Å². The third kappa shape index (κ3) is 4.66. The molecule has 100 valence electrons. The lowest BCUT2D eigenvalue weighted by molar-refractivity contribution is 0.112. The average Bonchev–Trinajstić information content (AvgIpc) is 2.12. The Hall–Kier alpha value is -1.08. The molecule has 0 N–H and O–H groups in total. The van der Waals surface area contributed by atoms with Gasteiger partial charge in [0, 0.05) is 0 Å². The molecule has 0 unspecified atom stereocenters. The number of carbonyl (C=O) groups is 1. The van der Waals surface area contributed by atoms with E-state index in [1.165, 1.54) is 0 Å². The maximum atomic E-state index is 11.3. The molecule has 0 saturated carbocycles. The Balaban J connectivity index is 3.14. The molecule has 1 rings (SSSR count). The first-order valence-electron chi connectivity index (χ1n) is 6.08. The summed E-state index contributed by atoms with van der Waals surface area (Å²) in [4.78, 5) is 11.3. The fourth-order valence-corrected chi connectivity index (χ4v) is 3.15. The van der Waals surface area contributed by atoms with Crippen LogP contribution in [0.25, 0.3) is 0 Å². The van der Waals surface area contributed by atoms with Crippen molar-refractivity contribution in [2.75, 3.05) is 0 Å². The van der Waals surface area contributed by atoms with Crippen molar-refractivity contribution < 1.29 is 13.6 Å². The standard InChI is InChI=1S/C13H22O3Si2/c1-17(2,3)15-12-8-7-9-13(11(12)10-14)16-18(4,5)6/h7-10H,1-6H3. The molecule has 0 fully saturated rings. The molecule has 0 aliphatic carbocycles. The zero-order chi connectivity index (χ0) is 14.0. The van der Waals surface area contributed by atoms with Crippen LogP contribution in [0.1, 0.15) is 10.4 Å². The van der Waals surface area contributed by atoms with E-state index in [2.05, 4.69) is 39.3 Å². The molecule has 0 aliphatic heterocycles. The van der Waals surface area contributed by atoms with Gasteiger partial charge < -0.3 is 8.85 Å². The van der Waals surface area contributed by atoms with Gasteiger partial charge in [0.15, 0.2) is 6.29 Å². The van der Waals surface area contributed by atoms with E-state index >= 15 is 0 Å². The highest BCUT2D eigenvalue weighted by molar-refractivity contribution is 6.71. The van der Waals surface area contributed by atoms with E-state index in [1.54, 1.807) is 0 Å². The second-order valence-electron chi connectivity index (χ2n) is 6.21. The Morgan fingerprint density at radius 2 is 1.28 bits per heavy atom. The Morgan fingerprint density at radius 1 is 0.889 bits per heavy atom. The monoisotopic (exact) mass is 282 g/mol. The summed E-state index contributed by atoms with van der Waals surface area (Å²) in [7, 11) is -3.46. The molecule has 18 heavy (non-hydrogen) atoms. The van der Waals surface area contributed by atoms with Gasteiger partial charge in [-0.1, -0.05) is 6.07 Å². The van der Waals surface area contributed by atoms with Crippen LogP contribution in [0.3, 0.4) is 0 Å². The van der Waals surface area contributed by atoms with Crippen molar-refractivity contribution in [3.63, 3.8) is 0 Å². The minimum Gasteiger partial charge on any atom is -0.544 e. The first kappa shape index (κ1) is 15.0. The van der Waals surface area contributed by atoms with Gasteiger partial charge >= 0.3 is 0 Å². The van der Waals surface area contributed by atoms with Crippen molar-refractivity contribution in [3.8, 4) is 11.5 Å². The van der Waals surface area contributed by atoms with E-state index in [0.29, 0.717) is 17.1 Å². The van der Waals surface area contributed by atoms with Crippen molar-refractivity contribution in [1.82, 2.24) is 0 Å². The zero-order valence-electron chi connectivity index (χ0n) is 12.0. The summed E-state index contributed by atoms with van der Waals surface area (Å²) in [6.45, 7) is 12.5. The van der Waals surface area contributed by atoms with Gasteiger partial charge in [-0.15, -0.1) is 0 Å². The number of hydrogen-bond acceptors (Lipinski definition) is 3. The summed E-state index contributed by atoms with van der Waals surface area (Å²) in [5.74, 6) is 1.28. The second-order valence-corrected chi connectivity index (χ2v) is 15.1. The van der Waals surface area contributed by atoms with E-state index in [9.17, 15) is 4.79 Å². The van der Waals surface area contributed by atoms with Crippen molar-refractivity contribution in [2.45, 2.75) is 39.3 Å². The third-order valence-corrected chi connectivity index (χ3v) is 3.64. The van der Waals surface area contributed by atoms with Crippen LogP contribution in [0.5, 0.6) is 11.5 Å². The van der Waals surface area contributed by atoms with Crippen molar-refractivity contribution >= 4 is 22.9 Å². The van der Waals surface area contributed by atoms with Crippen LogP contribution in [-0.2, 0) is 0 Å². The predicted octanol–water partition coefficient (Wildman–Crippen LogP) is 3.93. The van der Waals surface area contributed by atoms with Gasteiger partial charge in [-0.3, -0.25) is 4.79 Å². The SMILES string of the molecule is C[Si](C)(C)Oc1cccc(O[Si](C)(C)C)c1C=O. The molecule has 0 aromatic heterocycles. The van der Waals surface area contributed by atoms with Gasteiger partial charge in [0.05, 0.1) is 5.56 Å². The number of aldehydes is 1. The van der Waals surface area contributed by atoms with Crippen LogP contribution < -0.4 is 8.85 Å². The summed E-state index contributed by atoms with van der Waals surface area (Å²) in [6.07, 6.45) is 0.824. The highest BCUT2D eigenvalue weighted by atomic mass is 28.4. The summed E-state index contributed by atoms with van der Waals surface area (Å²) < 4.78 is 11.8. The molecule has 0 bridgehead atoms. The van der Waals surface area contributed by atoms with Crippen molar-refractivity contribution in [3.05, 3.63) is 23.8 Å². The fraction of sp³-hybridized carbons (Fsp3) is 0.462. The van der Waals surface area contributed by atoms with Crippen LogP contribution >= 0.6 is 0 Å². The first-order chi connectivity index (χ1) is 8.12. The highest BCUT2D eigenvalue weighted by Crippen LogP contribution is 2.30. The summed E-state index contributed by atoms with van der Waals surface area (Å²) in [6, 6.07) is 5.54. The van der Waals surface area contributed by atoms with Crippen LogP contribution in [-0.4, -0.2) is 22.9 Å². The van der Waals surface area contributed by atoms with E-state index in [-0.39, 0.29) is 0 Å². The van der Waals surface area contributed by atoms with Crippen LogP contribution in [0.4, 0.5) is 0 Å². The van der Waals surface area contributed by atoms with Crippen LogP contribution in [0, 0.1) is 0 Å². The second kappa shape index (κ2) is 5.28. The molecule has 0 spiro atoms. The molecular weight excluding hydrogens is 260 g/mol. The number of benzene rings is 1. The number of carbonyl (C=O) groups excluding carboxylic acids is 1. The largest absolute Gasteiger partial charge is 0.544 e. The van der Waals surface area contributed by atoms with E-state index in [1.807, 2.05) is 18.2 Å². The number of hydrogen-bond donors (Lipinski definition) is 0. The number of rotatable bonds is 5. The Kier molecular flexibility index (Phi) is 4.39. The van der Waals surface area contributed by atoms with Crippen molar-refractivity contribution in [1.29, 1.82) is 0 Å². The molecule has 0 radical (unpaired) electrons. The van der Waals surface area contributed by atoms with Gasteiger partial charge in [0.25, 0.3) is 0 Å². The molecule has 3 nitrogen and oxygen atoms in total. The lowest BCUT2D eigenvalue weighted by Crippen LogP contribution is -2.31. The van der Waals surface area contributed by atoms with Gasteiger partial charge in [-0.2, -0.15) is 0 Å². The first-order valence-corrected chi connectivity index (χ1v) is 12.9. The zero-order valence-corrected chi connectivity index (χ0v) is 14.0. The summed E-state index contributed by atoms with van der Waals surface area (Å²) >= 11 is 0. The molecule has 0 atom stereocenters. The Bertz CT molecular complexity index is 397. The molecule has 5 heteroatoms. The lowest BCUT2D eigenvalue weighted by atomic mass is 10.2. The normalized spacial score (nSPS) is 12.1. The van der Waals surface area contributed by atoms with Crippen LogP contribution in [0.2, 0.25) is 39.3 Å². The quantitative estimate of drug-likeness (QED) is 0.606. The van der Waals surface area contributed by atoms with E-state index in [0.717, 1.165) is 6.29 Å². The topological polar surface area (TPSA) is 35.5 Å². The average molecular weight is 282 g/mol. The Labute approximate surface area is 111 Å². The van der Waals surface area contributed by atoms with Gasteiger partial charge in [-0.25, -0.2) is 0 Å². The van der Waals surface area contributed by atoms with Gasteiger partial charge in [0.2, 0.25) is 16.6 Å². The minimum atomic E-state index is -1.73. The fourth-order valence-electron chi connectivity index (χ4n) is 1.48. The highest BCUT2D eigenvalue weighted by Gasteiger charge is 2.22. The molecule has 0 aliphatic rings. The molecule has 1 aromatic rings. The van der Waals surface area contributed by atoms with E-state index in [4.69, 9.17) is 8.85 Å².